The molecular formula is C28H27BrN2O8S. The number of halogens is 1. The molecule has 1 atom stereocenters. The number of carbonyl (C=O) groups excluding carboxylic acids is 2. The molecular weight excluding hydrogens is 604 g/mol. The zero-order chi connectivity index (χ0) is 29.0. The number of rotatable bonds is 9. The van der Waals surface area contributed by atoms with E-state index in [4.69, 9.17) is 23.7 Å². The lowest BCUT2D eigenvalue weighted by Gasteiger charge is -2.23. The fourth-order valence-electron chi connectivity index (χ4n) is 4.20. The molecule has 1 aromatic heterocycles. The lowest BCUT2D eigenvalue weighted by atomic mass is 9.97. The Morgan fingerprint density at radius 1 is 1.07 bits per heavy atom. The van der Waals surface area contributed by atoms with Gasteiger partial charge < -0.3 is 23.7 Å². The van der Waals surface area contributed by atoms with E-state index in [1.807, 2.05) is 13.8 Å². The van der Waals surface area contributed by atoms with Crippen LogP contribution in [-0.2, 0) is 14.3 Å². The van der Waals surface area contributed by atoms with E-state index in [9.17, 15) is 14.4 Å². The molecule has 3 aromatic rings. The summed E-state index contributed by atoms with van der Waals surface area (Å²) in [6.07, 6.45) is 3.10. The van der Waals surface area contributed by atoms with Crippen molar-refractivity contribution in [3.8, 4) is 23.0 Å². The van der Waals surface area contributed by atoms with Gasteiger partial charge in [-0.25, -0.2) is 9.79 Å². The molecule has 0 bridgehead atoms. The highest BCUT2D eigenvalue weighted by Gasteiger charge is 2.31. The number of hydrogen-bond acceptors (Lipinski definition) is 10. The first kappa shape index (κ1) is 29.1. The van der Waals surface area contributed by atoms with Crippen LogP contribution in [0.5, 0.6) is 23.0 Å². The zero-order valence-electron chi connectivity index (χ0n) is 22.5. The molecule has 4 rings (SSSR count). The predicted octanol–water partition coefficient (Wildman–Crippen LogP) is 3.51. The second-order valence-corrected chi connectivity index (χ2v) is 10.2. The van der Waals surface area contributed by atoms with Crippen LogP contribution in [0.1, 0.15) is 37.9 Å². The third-order valence-corrected chi connectivity index (χ3v) is 7.39. The van der Waals surface area contributed by atoms with Crippen LogP contribution in [0.2, 0.25) is 0 Å². The SMILES string of the molecule is CCOc1ccc([C@H]2C(C(=O)OC)=CN=c3s/c(=C/c4cc(Br)c(OC(C)=O)c(OC)c4)c(=O)n32)cc1OCC. The molecule has 2 aromatic carbocycles. The fraction of sp³-hybridized carbons (Fsp3) is 0.286. The van der Waals surface area contributed by atoms with Crippen molar-refractivity contribution in [3.63, 3.8) is 0 Å². The number of ether oxygens (including phenoxy) is 5. The third-order valence-electron chi connectivity index (χ3n) is 5.80. The van der Waals surface area contributed by atoms with E-state index in [2.05, 4.69) is 20.9 Å². The molecule has 12 heteroatoms. The molecule has 1 aliphatic heterocycles. The minimum absolute atomic E-state index is 0.197. The summed E-state index contributed by atoms with van der Waals surface area (Å²) in [5.74, 6) is 0.493. The van der Waals surface area contributed by atoms with Crippen molar-refractivity contribution in [1.29, 1.82) is 0 Å². The second-order valence-electron chi connectivity index (χ2n) is 8.38. The molecule has 0 saturated carbocycles. The lowest BCUT2D eigenvalue weighted by Crippen LogP contribution is -2.39. The van der Waals surface area contributed by atoms with Gasteiger partial charge in [0.1, 0.15) is 0 Å². The van der Waals surface area contributed by atoms with E-state index in [0.29, 0.717) is 55.4 Å². The Labute approximate surface area is 242 Å². The van der Waals surface area contributed by atoms with Crippen LogP contribution < -0.4 is 33.8 Å². The van der Waals surface area contributed by atoms with Crippen molar-refractivity contribution in [2.24, 2.45) is 4.99 Å². The zero-order valence-corrected chi connectivity index (χ0v) is 24.9. The molecule has 0 amide bonds. The minimum Gasteiger partial charge on any atom is -0.493 e. The van der Waals surface area contributed by atoms with Crippen molar-refractivity contribution in [1.82, 2.24) is 4.57 Å². The van der Waals surface area contributed by atoms with Gasteiger partial charge in [-0.15, -0.1) is 0 Å². The first-order valence-electron chi connectivity index (χ1n) is 12.3. The average molecular weight is 632 g/mol. The smallest absolute Gasteiger partial charge is 0.337 e. The van der Waals surface area contributed by atoms with Crippen molar-refractivity contribution in [2.45, 2.75) is 26.8 Å². The molecule has 0 radical (unpaired) electrons. The monoisotopic (exact) mass is 630 g/mol. The van der Waals surface area contributed by atoms with Crippen LogP contribution in [0.25, 0.3) is 6.08 Å². The average Bonchev–Trinajstić information content (AvgIpc) is 3.24. The molecule has 2 heterocycles. The van der Waals surface area contributed by atoms with Gasteiger partial charge in [-0.1, -0.05) is 17.4 Å². The van der Waals surface area contributed by atoms with Gasteiger partial charge >= 0.3 is 11.9 Å². The maximum absolute atomic E-state index is 13.8. The third kappa shape index (κ3) is 5.82. The van der Waals surface area contributed by atoms with Crippen molar-refractivity contribution >= 4 is 45.3 Å². The van der Waals surface area contributed by atoms with Crippen molar-refractivity contribution < 1.29 is 33.3 Å². The van der Waals surface area contributed by atoms with Gasteiger partial charge in [0.25, 0.3) is 5.56 Å². The molecule has 0 fully saturated rings. The number of fused-ring (bicyclic) bond motifs is 1. The number of esters is 2. The van der Waals surface area contributed by atoms with Crippen LogP contribution in [0.4, 0.5) is 0 Å². The maximum Gasteiger partial charge on any atom is 0.337 e. The van der Waals surface area contributed by atoms with Gasteiger partial charge in [-0.3, -0.25) is 14.2 Å². The maximum atomic E-state index is 13.8. The fourth-order valence-corrected chi connectivity index (χ4v) is 5.71. The highest BCUT2D eigenvalue weighted by molar-refractivity contribution is 9.10. The molecule has 0 saturated heterocycles. The number of hydrogen-bond donors (Lipinski definition) is 0. The van der Waals surface area contributed by atoms with Crippen LogP contribution >= 0.6 is 27.3 Å². The predicted molar refractivity (Wildman–Crippen MR) is 152 cm³/mol. The molecule has 0 aliphatic carbocycles. The summed E-state index contributed by atoms with van der Waals surface area (Å²) in [5, 5.41) is 0. The molecule has 210 valence electrons. The quantitative estimate of drug-likeness (QED) is 0.261. The van der Waals surface area contributed by atoms with Crippen LogP contribution in [-0.4, -0.2) is 43.9 Å². The van der Waals surface area contributed by atoms with Gasteiger partial charge in [0.05, 0.1) is 48.1 Å². The van der Waals surface area contributed by atoms with Gasteiger partial charge in [-0.2, -0.15) is 0 Å². The highest BCUT2D eigenvalue weighted by atomic mass is 79.9. The van der Waals surface area contributed by atoms with E-state index in [1.54, 1.807) is 36.4 Å². The molecule has 10 nitrogen and oxygen atoms in total. The van der Waals surface area contributed by atoms with Gasteiger partial charge in [0.15, 0.2) is 27.8 Å². The summed E-state index contributed by atoms with van der Waals surface area (Å²) in [6, 6.07) is 7.84. The van der Waals surface area contributed by atoms with Crippen molar-refractivity contribution in [2.75, 3.05) is 27.4 Å². The molecule has 0 unspecified atom stereocenters. The Morgan fingerprint density at radius 3 is 2.45 bits per heavy atom. The van der Waals surface area contributed by atoms with Crippen molar-refractivity contribution in [3.05, 3.63) is 77.4 Å². The number of nitrogens with zero attached hydrogens (tertiary/aromatic N) is 2. The van der Waals surface area contributed by atoms with Gasteiger partial charge in [0.2, 0.25) is 0 Å². The van der Waals surface area contributed by atoms with Crippen LogP contribution in [0, 0.1) is 0 Å². The number of benzene rings is 2. The lowest BCUT2D eigenvalue weighted by molar-refractivity contribution is -0.136. The first-order chi connectivity index (χ1) is 19.2. The van der Waals surface area contributed by atoms with Gasteiger partial charge in [0, 0.05) is 13.1 Å². The number of methoxy groups -OCH3 is 2. The molecule has 40 heavy (non-hydrogen) atoms. The van der Waals surface area contributed by atoms with E-state index < -0.39 is 18.0 Å². The van der Waals surface area contributed by atoms with E-state index in [-0.39, 0.29) is 16.9 Å². The normalized spacial score (nSPS) is 14.5. The van der Waals surface area contributed by atoms with Crippen LogP contribution in [0.3, 0.4) is 0 Å². The Morgan fingerprint density at radius 2 is 1.80 bits per heavy atom. The van der Waals surface area contributed by atoms with E-state index >= 15 is 0 Å². The van der Waals surface area contributed by atoms with E-state index in [1.165, 1.54) is 43.2 Å². The van der Waals surface area contributed by atoms with Crippen LogP contribution in [0.15, 0.2) is 56.4 Å². The Bertz CT molecular complexity index is 1670. The standard InChI is InChI=1S/C28H27BrN2O8S/c1-6-37-20-9-8-17(13-21(20)38-7-2)24-18(27(34)36-5)14-30-28-31(24)26(33)23(40-28)12-16-10-19(29)25(39-15(3)32)22(11-16)35-4/h8-14,24H,6-7H2,1-5H3/b23-12+/t24-/m0/s1. The largest absolute Gasteiger partial charge is 0.493 e. The summed E-state index contributed by atoms with van der Waals surface area (Å²) < 4.78 is 29.4. The minimum atomic E-state index is -0.812. The summed E-state index contributed by atoms with van der Waals surface area (Å²) in [7, 11) is 2.73. The number of carbonyl (C=O) groups is 2. The molecule has 0 N–H and O–H groups in total. The number of thiazole rings is 1. The second kappa shape index (κ2) is 12.5. The van der Waals surface area contributed by atoms with Gasteiger partial charge in [-0.05, 0) is 71.2 Å². The molecule has 1 aliphatic rings. The summed E-state index contributed by atoms with van der Waals surface area (Å²) in [6.45, 7) is 5.88. The summed E-state index contributed by atoms with van der Waals surface area (Å²) >= 11 is 4.58. The summed E-state index contributed by atoms with van der Waals surface area (Å²) in [5.41, 5.74) is 1.09. The first-order valence-corrected chi connectivity index (χ1v) is 13.9. The Hall–Kier alpha value is -3.90. The topological polar surface area (TPSA) is 115 Å². The highest BCUT2D eigenvalue weighted by Crippen LogP contribution is 2.37. The Balaban J connectivity index is 1.89. The number of aromatic nitrogens is 1. The Kier molecular flexibility index (Phi) is 9.10. The molecule has 0 spiro atoms. The van der Waals surface area contributed by atoms with E-state index in [0.717, 1.165) is 0 Å². The summed E-state index contributed by atoms with van der Waals surface area (Å²) in [4.78, 5) is 42.9.